The summed E-state index contributed by atoms with van der Waals surface area (Å²) in [6, 6.07) is 3.84. The average molecular weight is 320 g/mol. The number of hydrogen-bond donors (Lipinski definition) is 2. The Kier molecular flexibility index (Phi) is 5.04. The van der Waals surface area contributed by atoms with Crippen LogP contribution in [0.2, 0.25) is 0 Å². The molecule has 1 atom stereocenters. The quantitative estimate of drug-likeness (QED) is 0.796. The van der Waals surface area contributed by atoms with Crippen LogP contribution in [0, 0.1) is 0 Å². The van der Waals surface area contributed by atoms with E-state index in [1.54, 1.807) is 12.1 Å². The zero-order valence-electron chi connectivity index (χ0n) is 12.8. The Bertz CT molecular complexity index is 625. The van der Waals surface area contributed by atoms with E-state index in [1.807, 2.05) is 0 Å². The molecule has 124 valence electrons. The SMILES string of the molecule is O=C(CN1CCCC1CCCO)Nc1nnc(-c2ccco2)o1. The van der Waals surface area contributed by atoms with Gasteiger partial charge in [0.25, 0.3) is 5.89 Å². The summed E-state index contributed by atoms with van der Waals surface area (Å²) in [6.45, 7) is 1.37. The monoisotopic (exact) mass is 320 g/mol. The molecule has 1 fully saturated rings. The molecule has 0 aromatic carbocycles. The topological polar surface area (TPSA) is 105 Å². The van der Waals surface area contributed by atoms with Crippen LogP contribution in [0.4, 0.5) is 6.01 Å². The second kappa shape index (κ2) is 7.38. The average Bonchev–Trinajstić information content (AvgIpc) is 3.26. The normalized spacial score (nSPS) is 18.4. The van der Waals surface area contributed by atoms with Crippen molar-refractivity contribution in [2.45, 2.75) is 31.7 Å². The number of aromatic nitrogens is 2. The Labute approximate surface area is 133 Å². The highest BCUT2D eigenvalue weighted by Gasteiger charge is 2.26. The van der Waals surface area contributed by atoms with Gasteiger partial charge in [-0.25, -0.2) is 0 Å². The number of carbonyl (C=O) groups excluding carboxylic acids is 1. The lowest BCUT2D eigenvalue weighted by molar-refractivity contribution is -0.117. The number of rotatable bonds is 7. The highest BCUT2D eigenvalue weighted by atomic mass is 16.4. The van der Waals surface area contributed by atoms with Gasteiger partial charge in [-0.3, -0.25) is 15.0 Å². The molecule has 1 amide bonds. The molecule has 0 bridgehead atoms. The van der Waals surface area contributed by atoms with Crippen molar-refractivity contribution in [2.24, 2.45) is 0 Å². The van der Waals surface area contributed by atoms with Gasteiger partial charge in [-0.2, -0.15) is 0 Å². The summed E-state index contributed by atoms with van der Waals surface area (Å²) in [5.41, 5.74) is 0. The molecule has 1 saturated heterocycles. The first kappa shape index (κ1) is 15.7. The molecular weight excluding hydrogens is 300 g/mol. The van der Waals surface area contributed by atoms with Crippen LogP contribution in [0.5, 0.6) is 0 Å². The van der Waals surface area contributed by atoms with Crippen LogP contribution in [0.25, 0.3) is 11.7 Å². The van der Waals surface area contributed by atoms with Crippen molar-refractivity contribution in [2.75, 3.05) is 25.0 Å². The van der Waals surface area contributed by atoms with Crippen LogP contribution in [0.3, 0.4) is 0 Å². The third-order valence-electron chi connectivity index (χ3n) is 3.94. The number of nitrogens with zero attached hydrogens (tertiary/aromatic N) is 3. The molecule has 1 aliphatic rings. The number of aliphatic hydroxyl groups excluding tert-OH is 1. The molecule has 2 aromatic rings. The first-order chi connectivity index (χ1) is 11.3. The molecule has 0 saturated carbocycles. The van der Waals surface area contributed by atoms with E-state index in [9.17, 15) is 4.79 Å². The maximum absolute atomic E-state index is 12.1. The zero-order valence-corrected chi connectivity index (χ0v) is 12.8. The largest absolute Gasteiger partial charge is 0.459 e. The van der Waals surface area contributed by atoms with E-state index < -0.39 is 0 Å². The van der Waals surface area contributed by atoms with Gasteiger partial charge < -0.3 is 13.9 Å². The van der Waals surface area contributed by atoms with E-state index >= 15 is 0 Å². The van der Waals surface area contributed by atoms with Crippen LogP contribution in [-0.4, -0.2) is 51.8 Å². The van der Waals surface area contributed by atoms with E-state index in [0.29, 0.717) is 11.8 Å². The van der Waals surface area contributed by atoms with Gasteiger partial charge in [-0.05, 0) is 44.4 Å². The van der Waals surface area contributed by atoms with Gasteiger partial charge in [0, 0.05) is 12.6 Å². The molecule has 8 heteroatoms. The fraction of sp³-hybridized carbons (Fsp3) is 0.533. The highest BCUT2D eigenvalue weighted by molar-refractivity contribution is 5.90. The maximum Gasteiger partial charge on any atom is 0.322 e. The summed E-state index contributed by atoms with van der Waals surface area (Å²) in [7, 11) is 0. The number of furan rings is 1. The standard InChI is InChI=1S/C15H20N4O4/c20-8-2-5-11-4-1-7-19(11)10-13(21)16-15-18-17-14(23-15)12-6-3-9-22-12/h3,6,9,11,20H,1-2,4-5,7-8,10H2,(H,16,18,21). The number of carbonyl (C=O) groups is 1. The van der Waals surface area contributed by atoms with E-state index in [4.69, 9.17) is 13.9 Å². The first-order valence-corrected chi connectivity index (χ1v) is 7.78. The molecule has 0 radical (unpaired) electrons. The van der Waals surface area contributed by atoms with Crippen molar-refractivity contribution < 1.29 is 18.7 Å². The van der Waals surface area contributed by atoms with Gasteiger partial charge in [0.15, 0.2) is 5.76 Å². The lowest BCUT2D eigenvalue weighted by Crippen LogP contribution is -2.37. The summed E-state index contributed by atoms with van der Waals surface area (Å²) < 4.78 is 10.5. The molecule has 2 aromatic heterocycles. The lowest BCUT2D eigenvalue weighted by atomic mass is 10.1. The molecule has 3 heterocycles. The summed E-state index contributed by atoms with van der Waals surface area (Å²) >= 11 is 0. The fourth-order valence-electron chi connectivity index (χ4n) is 2.87. The number of amides is 1. The minimum Gasteiger partial charge on any atom is -0.459 e. The smallest absolute Gasteiger partial charge is 0.322 e. The number of nitrogens with one attached hydrogen (secondary N) is 1. The maximum atomic E-state index is 12.1. The number of hydrogen-bond acceptors (Lipinski definition) is 7. The third-order valence-corrected chi connectivity index (χ3v) is 3.94. The van der Waals surface area contributed by atoms with Gasteiger partial charge in [0.1, 0.15) is 0 Å². The number of likely N-dealkylation sites (tertiary alicyclic amines) is 1. The van der Waals surface area contributed by atoms with Crippen molar-refractivity contribution in [3.05, 3.63) is 18.4 Å². The predicted octanol–water partition coefficient (Wildman–Crippen LogP) is 1.50. The van der Waals surface area contributed by atoms with Gasteiger partial charge in [-0.15, -0.1) is 5.10 Å². The van der Waals surface area contributed by atoms with Crippen molar-refractivity contribution in [3.63, 3.8) is 0 Å². The first-order valence-electron chi connectivity index (χ1n) is 7.78. The summed E-state index contributed by atoms with van der Waals surface area (Å²) in [5, 5.41) is 19.2. The number of aliphatic hydroxyl groups is 1. The summed E-state index contributed by atoms with van der Waals surface area (Å²) in [5.74, 6) is 0.504. The fourth-order valence-corrected chi connectivity index (χ4v) is 2.87. The second-order valence-electron chi connectivity index (χ2n) is 5.57. The molecular formula is C15H20N4O4. The van der Waals surface area contributed by atoms with Crippen LogP contribution in [-0.2, 0) is 4.79 Å². The zero-order chi connectivity index (χ0) is 16.1. The summed E-state index contributed by atoms with van der Waals surface area (Å²) in [4.78, 5) is 14.3. The van der Waals surface area contributed by atoms with Crippen molar-refractivity contribution >= 4 is 11.9 Å². The molecule has 8 nitrogen and oxygen atoms in total. The molecule has 0 aliphatic carbocycles. The number of anilines is 1. The van der Waals surface area contributed by atoms with Crippen molar-refractivity contribution in [1.82, 2.24) is 15.1 Å². The van der Waals surface area contributed by atoms with Gasteiger partial charge in [0.2, 0.25) is 5.91 Å². The highest BCUT2D eigenvalue weighted by Crippen LogP contribution is 2.22. The minimum atomic E-state index is -0.185. The Hall–Kier alpha value is -2.19. The Morgan fingerprint density at radius 3 is 3.17 bits per heavy atom. The van der Waals surface area contributed by atoms with Crippen LogP contribution < -0.4 is 5.32 Å². The van der Waals surface area contributed by atoms with Gasteiger partial charge in [0.05, 0.1) is 12.8 Å². The molecule has 2 N–H and O–H groups in total. The van der Waals surface area contributed by atoms with Crippen LogP contribution in [0.15, 0.2) is 27.2 Å². The Balaban J connectivity index is 1.53. The van der Waals surface area contributed by atoms with Gasteiger partial charge in [-0.1, -0.05) is 5.10 Å². The van der Waals surface area contributed by atoms with Gasteiger partial charge >= 0.3 is 6.01 Å². The van der Waals surface area contributed by atoms with Crippen molar-refractivity contribution in [3.8, 4) is 11.7 Å². The molecule has 3 rings (SSSR count). The van der Waals surface area contributed by atoms with E-state index in [1.165, 1.54) is 6.26 Å². The molecule has 0 spiro atoms. The third kappa shape index (κ3) is 3.96. The van der Waals surface area contributed by atoms with Crippen molar-refractivity contribution in [1.29, 1.82) is 0 Å². The van der Waals surface area contributed by atoms with E-state index in [-0.39, 0.29) is 31.0 Å². The van der Waals surface area contributed by atoms with E-state index in [2.05, 4.69) is 20.4 Å². The second-order valence-corrected chi connectivity index (χ2v) is 5.57. The lowest BCUT2D eigenvalue weighted by Gasteiger charge is -2.23. The summed E-state index contributed by atoms with van der Waals surface area (Å²) in [6.07, 6.45) is 5.33. The minimum absolute atomic E-state index is 0.0625. The Morgan fingerprint density at radius 1 is 1.48 bits per heavy atom. The van der Waals surface area contributed by atoms with Crippen LogP contribution >= 0.6 is 0 Å². The van der Waals surface area contributed by atoms with E-state index in [0.717, 1.165) is 32.2 Å². The predicted molar refractivity (Wildman–Crippen MR) is 81.5 cm³/mol. The Morgan fingerprint density at radius 2 is 2.39 bits per heavy atom. The molecule has 1 unspecified atom stereocenters. The van der Waals surface area contributed by atoms with Crippen LogP contribution in [0.1, 0.15) is 25.7 Å². The molecule has 1 aliphatic heterocycles. The molecule has 23 heavy (non-hydrogen) atoms.